The predicted molar refractivity (Wildman–Crippen MR) is 282 cm³/mol. The van der Waals surface area contributed by atoms with Gasteiger partial charge in [-0.1, -0.05) is 176 Å². The van der Waals surface area contributed by atoms with Gasteiger partial charge in [-0.25, -0.2) is 0 Å². The van der Waals surface area contributed by atoms with Crippen LogP contribution in [0.3, 0.4) is 0 Å². The summed E-state index contributed by atoms with van der Waals surface area (Å²) in [6, 6.07) is 89.4. The van der Waals surface area contributed by atoms with Gasteiger partial charge in [0.1, 0.15) is 11.2 Å². The molecule has 2 aliphatic rings. The number of anilines is 3. The second-order valence-electron chi connectivity index (χ2n) is 18.4. The topological polar surface area (TPSA) is 21.3 Å². The molecule has 316 valence electrons. The Balaban J connectivity index is 0.924. The van der Waals surface area contributed by atoms with Crippen molar-refractivity contribution in [3.05, 3.63) is 265 Å². The van der Waals surface area contributed by atoms with E-state index in [1.54, 1.807) is 0 Å². The standard InChI is InChI=1S/C65H40N2O/c1-2-15-44(16-3-1)67-61-38-43(29-34-53(61)55-35-28-42-14-4-5-17-48(42)64(55)67)41-26-30-45(31-27-41)66(46-33-37-63-56(39-46)54-21-9-13-25-62(54)68-63)47-32-36-52-51-20-8-12-24-59(51)65(60(52)40-47)57-22-10-6-18-49(57)50-19-7-11-23-58(50)65/h1-40H. The molecule has 0 saturated heterocycles. The monoisotopic (exact) mass is 864 g/mol. The van der Waals surface area contributed by atoms with Gasteiger partial charge in [-0.2, -0.15) is 0 Å². The molecule has 2 heterocycles. The Kier molecular flexibility index (Phi) is 7.71. The summed E-state index contributed by atoms with van der Waals surface area (Å²) in [6.45, 7) is 0. The highest BCUT2D eigenvalue weighted by Gasteiger charge is 2.51. The molecule has 15 rings (SSSR count). The van der Waals surface area contributed by atoms with Gasteiger partial charge in [0.25, 0.3) is 0 Å². The van der Waals surface area contributed by atoms with Crippen LogP contribution >= 0.6 is 0 Å². The number of hydrogen-bond donors (Lipinski definition) is 0. The molecule has 11 aromatic carbocycles. The van der Waals surface area contributed by atoms with Crippen molar-refractivity contribution in [1.29, 1.82) is 0 Å². The molecule has 13 aromatic rings. The lowest BCUT2D eigenvalue weighted by atomic mass is 9.70. The summed E-state index contributed by atoms with van der Waals surface area (Å²) in [5, 5.41) is 7.19. The zero-order chi connectivity index (χ0) is 44.5. The lowest BCUT2D eigenvalue weighted by Gasteiger charge is -2.32. The van der Waals surface area contributed by atoms with Crippen molar-refractivity contribution in [3.8, 4) is 39.1 Å². The molecular weight excluding hydrogens is 825 g/mol. The van der Waals surface area contributed by atoms with E-state index in [0.717, 1.165) is 50.3 Å². The molecule has 1 spiro atoms. The van der Waals surface area contributed by atoms with Crippen LogP contribution in [0.4, 0.5) is 17.1 Å². The number of benzene rings is 11. The van der Waals surface area contributed by atoms with E-state index >= 15 is 0 Å². The fraction of sp³-hybridized carbons (Fsp3) is 0.0154. The minimum atomic E-state index is -0.456. The first-order valence-electron chi connectivity index (χ1n) is 23.5. The highest BCUT2D eigenvalue weighted by molar-refractivity contribution is 6.19. The first kappa shape index (κ1) is 37.3. The minimum Gasteiger partial charge on any atom is -0.456 e. The number of furan rings is 1. The molecule has 0 N–H and O–H groups in total. The van der Waals surface area contributed by atoms with E-state index in [0.29, 0.717) is 0 Å². The third-order valence-corrected chi connectivity index (χ3v) is 15.0. The Bertz CT molecular complexity index is 4150. The van der Waals surface area contributed by atoms with Crippen LogP contribution < -0.4 is 4.90 Å². The number of fused-ring (bicyclic) bond motifs is 18. The van der Waals surface area contributed by atoms with Crippen LogP contribution in [0.5, 0.6) is 0 Å². The molecule has 68 heavy (non-hydrogen) atoms. The number of hydrogen-bond acceptors (Lipinski definition) is 2. The van der Waals surface area contributed by atoms with E-state index in [2.05, 4.69) is 246 Å². The van der Waals surface area contributed by atoms with Crippen molar-refractivity contribution < 1.29 is 4.42 Å². The normalized spacial score (nSPS) is 13.1. The maximum atomic E-state index is 6.38. The van der Waals surface area contributed by atoms with E-state index in [1.807, 2.05) is 6.07 Å². The molecule has 0 fully saturated rings. The molecule has 0 amide bonds. The first-order valence-corrected chi connectivity index (χ1v) is 23.5. The Morgan fingerprint density at radius 3 is 1.65 bits per heavy atom. The van der Waals surface area contributed by atoms with Gasteiger partial charge in [-0.15, -0.1) is 0 Å². The Morgan fingerprint density at radius 1 is 0.338 bits per heavy atom. The van der Waals surface area contributed by atoms with E-state index in [9.17, 15) is 0 Å². The third-order valence-electron chi connectivity index (χ3n) is 15.0. The van der Waals surface area contributed by atoms with Crippen LogP contribution in [0.25, 0.3) is 93.6 Å². The lowest BCUT2D eigenvalue weighted by molar-refractivity contribution is 0.669. The van der Waals surface area contributed by atoms with Crippen molar-refractivity contribution in [2.24, 2.45) is 0 Å². The Labute approximate surface area is 393 Å². The number of nitrogens with zero attached hydrogens (tertiary/aromatic N) is 2. The Hall–Kier alpha value is -8.92. The summed E-state index contributed by atoms with van der Waals surface area (Å²) in [4.78, 5) is 2.43. The number of para-hydroxylation sites is 2. The van der Waals surface area contributed by atoms with Gasteiger partial charge in [0, 0.05) is 49.7 Å². The molecule has 2 aliphatic carbocycles. The largest absolute Gasteiger partial charge is 0.456 e. The summed E-state index contributed by atoms with van der Waals surface area (Å²) in [7, 11) is 0. The van der Waals surface area contributed by atoms with Crippen LogP contribution in [0.1, 0.15) is 22.3 Å². The quantitative estimate of drug-likeness (QED) is 0.172. The van der Waals surface area contributed by atoms with Gasteiger partial charge in [-0.3, -0.25) is 0 Å². The smallest absolute Gasteiger partial charge is 0.135 e. The van der Waals surface area contributed by atoms with Gasteiger partial charge >= 0.3 is 0 Å². The average molecular weight is 865 g/mol. The Morgan fingerprint density at radius 2 is 0.897 bits per heavy atom. The van der Waals surface area contributed by atoms with E-state index in [1.165, 1.54) is 82.6 Å². The lowest BCUT2D eigenvalue weighted by Crippen LogP contribution is -2.26. The van der Waals surface area contributed by atoms with Crippen LogP contribution in [0, 0.1) is 0 Å². The zero-order valence-corrected chi connectivity index (χ0v) is 36.9. The predicted octanol–water partition coefficient (Wildman–Crippen LogP) is 17.3. The van der Waals surface area contributed by atoms with E-state index in [4.69, 9.17) is 4.42 Å². The minimum absolute atomic E-state index is 0.456. The summed E-state index contributed by atoms with van der Waals surface area (Å²) in [6.07, 6.45) is 0. The van der Waals surface area contributed by atoms with Crippen molar-refractivity contribution >= 4 is 71.6 Å². The second kappa shape index (κ2) is 14.0. The molecule has 0 radical (unpaired) electrons. The van der Waals surface area contributed by atoms with Gasteiger partial charge in [-0.05, 0) is 128 Å². The molecule has 0 aliphatic heterocycles. The summed E-state index contributed by atoms with van der Waals surface area (Å²) < 4.78 is 8.82. The van der Waals surface area contributed by atoms with Crippen molar-refractivity contribution in [3.63, 3.8) is 0 Å². The summed E-state index contributed by atoms with van der Waals surface area (Å²) in [5.41, 5.74) is 20.9. The first-order chi connectivity index (χ1) is 33.7. The van der Waals surface area contributed by atoms with Gasteiger partial charge in [0.2, 0.25) is 0 Å². The number of rotatable bonds is 5. The molecule has 3 nitrogen and oxygen atoms in total. The van der Waals surface area contributed by atoms with Crippen molar-refractivity contribution in [2.45, 2.75) is 5.41 Å². The third kappa shape index (κ3) is 5.07. The fourth-order valence-electron chi connectivity index (χ4n) is 12.1. The van der Waals surface area contributed by atoms with Gasteiger partial charge < -0.3 is 13.9 Å². The van der Waals surface area contributed by atoms with Crippen molar-refractivity contribution in [2.75, 3.05) is 4.90 Å². The maximum absolute atomic E-state index is 6.38. The zero-order valence-electron chi connectivity index (χ0n) is 36.9. The van der Waals surface area contributed by atoms with Crippen LogP contribution in [-0.2, 0) is 5.41 Å². The molecule has 0 atom stereocenters. The maximum Gasteiger partial charge on any atom is 0.135 e. The van der Waals surface area contributed by atoms with Crippen LogP contribution in [0.15, 0.2) is 247 Å². The van der Waals surface area contributed by atoms with E-state index < -0.39 is 5.41 Å². The SMILES string of the molecule is c1ccc(-n2c3cc(-c4ccc(N(c5ccc6c(c5)C5(c7ccccc7-c7ccccc75)c5ccccc5-6)c5ccc6oc7ccccc7c6c5)cc4)ccc3c3ccc4ccccc4c32)cc1. The molecule has 2 aromatic heterocycles. The highest BCUT2D eigenvalue weighted by Crippen LogP contribution is 2.63. The van der Waals surface area contributed by atoms with E-state index in [-0.39, 0.29) is 0 Å². The molecule has 0 saturated carbocycles. The highest BCUT2D eigenvalue weighted by atomic mass is 16.3. The summed E-state index contributed by atoms with van der Waals surface area (Å²) >= 11 is 0. The fourth-order valence-corrected chi connectivity index (χ4v) is 12.1. The van der Waals surface area contributed by atoms with Gasteiger partial charge in [0.05, 0.1) is 16.4 Å². The molecule has 3 heteroatoms. The van der Waals surface area contributed by atoms with Crippen LogP contribution in [0.2, 0.25) is 0 Å². The summed E-state index contributed by atoms with van der Waals surface area (Å²) in [5.74, 6) is 0. The van der Waals surface area contributed by atoms with Gasteiger partial charge in [0.15, 0.2) is 0 Å². The molecule has 0 bridgehead atoms. The number of aromatic nitrogens is 1. The molecule has 0 unspecified atom stereocenters. The van der Waals surface area contributed by atoms with Crippen LogP contribution in [-0.4, -0.2) is 4.57 Å². The molecular formula is C65H40N2O. The second-order valence-corrected chi connectivity index (χ2v) is 18.4. The average Bonchev–Trinajstić information content (AvgIpc) is 4.13. The van der Waals surface area contributed by atoms with Crippen molar-refractivity contribution in [1.82, 2.24) is 4.57 Å².